The molecule has 1 aromatic heterocycles. The van der Waals surface area contributed by atoms with Crippen molar-refractivity contribution in [2.75, 3.05) is 18.5 Å². The molecule has 0 bridgehead atoms. The van der Waals surface area contributed by atoms with E-state index in [2.05, 4.69) is 28.6 Å². The summed E-state index contributed by atoms with van der Waals surface area (Å²) in [6, 6.07) is 10.3. The first kappa shape index (κ1) is 11.6. The predicted octanol–water partition coefficient (Wildman–Crippen LogP) is 2.32. The lowest BCUT2D eigenvalue weighted by molar-refractivity contribution is 0.947. The Hall–Kier alpha value is -1.87. The molecule has 17 heavy (non-hydrogen) atoms. The zero-order valence-electron chi connectivity index (χ0n) is 10.1. The molecule has 2 aromatic rings. The van der Waals surface area contributed by atoms with Crippen LogP contribution >= 0.6 is 0 Å². The first-order chi connectivity index (χ1) is 8.26. The topological polar surface area (TPSA) is 42.2 Å². The molecule has 0 unspecified atom stereocenters. The minimum Gasteiger partial charge on any atom is -0.355 e. The van der Waals surface area contributed by atoms with E-state index in [1.165, 1.54) is 5.39 Å². The quantitative estimate of drug-likeness (QED) is 0.815. The number of nitrogens with two attached hydrogens (primary N) is 1. The van der Waals surface area contributed by atoms with Gasteiger partial charge in [-0.1, -0.05) is 30.3 Å². The summed E-state index contributed by atoms with van der Waals surface area (Å²) in [5.41, 5.74) is 6.59. The smallest absolute Gasteiger partial charge is 0.136 e. The van der Waals surface area contributed by atoms with Gasteiger partial charge < -0.3 is 10.6 Å². The Labute approximate surface area is 102 Å². The van der Waals surface area contributed by atoms with Gasteiger partial charge in [-0.05, 0) is 11.5 Å². The van der Waals surface area contributed by atoms with Crippen molar-refractivity contribution in [2.24, 2.45) is 5.73 Å². The maximum atomic E-state index is 5.68. The first-order valence-corrected chi connectivity index (χ1v) is 5.67. The molecule has 0 atom stereocenters. The summed E-state index contributed by atoms with van der Waals surface area (Å²) in [6.45, 7) is 4.98. The zero-order chi connectivity index (χ0) is 12.3. The maximum absolute atomic E-state index is 5.68. The highest BCUT2D eigenvalue weighted by Gasteiger charge is 2.08. The van der Waals surface area contributed by atoms with Crippen LogP contribution in [0.25, 0.3) is 10.8 Å². The molecule has 1 aromatic carbocycles. The third-order valence-corrected chi connectivity index (χ3v) is 2.75. The summed E-state index contributed by atoms with van der Waals surface area (Å²) >= 11 is 0. The van der Waals surface area contributed by atoms with Crippen molar-refractivity contribution in [3.63, 3.8) is 0 Å². The Bertz CT molecular complexity index is 534. The second kappa shape index (κ2) is 4.97. The fraction of sp³-hybridized carbons (Fsp3) is 0.214. The van der Waals surface area contributed by atoms with E-state index in [0.29, 0.717) is 6.54 Å². The number of likely N-dealkylation sites (N-methyl/N-ethyl adjacent to an activating group) is 1. The highest BCUT2D eigenvalue weighted by molar-refractivity contribution is 5.92. The maximum Gasteiger partial charge on any atom is 0.136 e. The number of rotatable bonds is 4. The highest BCUT2D eigenvalue weighted by Crippen LogP contribution is 2.24. The average molecular weight is 227 g/mol. The summed E-state index contributed by atoms with van der Waals surface area (Å²) in [4.78, 5) is 6.67. The zero-order valence-corrected chi connectivity index (χ0v) is 10.1. The largest absolute Gasteiger partial charge is 0.355 e. The molecule has 0 aliphatic rings. The van der Waals surface area contributed by atoms with Crippen molar-refractivity contribution in [1.82, 2.24) is 4.98 Å². The number of benzene rings is 1. The van der Waals surface area contributed by atoms with Gasteiger partial charge in [-0.3, -0.25) is 0 Å². The molecule has 88 valence electrons. The minimum atomic E-state index is 0.458. The number of pyridine rings is 1. The van der Waals surface area contributed by atoms with Crippen LogP contribution in [-0.4, -0.2) is 18.6 Å². The Balaban J connectivity index is 2.61. The molecule has 0 radical (unpaired) electrons. The molecule has 2 rings (SSSR count). The molecule has 0 spiro atoms. The molecule has 0 saturated heterocycles. The Kier molecular flexibility index (Phi) is 3.40. The lowest BCUT2D eigenvalue weighted by Gasteiger charge is -2.19. The van der Waals surface area contributed by atoms with Crippen LogP contribution in [0.1, 0.15) is 5.69 Å². The number of nitrogens with zero attached hydrogens (tertiary/aromatic N) is 2. The van der Waals surface area contributed by atoms with Gasteiger partial charge in [0.2, 0.25) is 0 Å². The van der Waals surface area contributed by atoms with Crippen LogP contribution in [0, 0.1) is 0 Å². The van der Waals surface area contributed by atoms with Crippen molar-refractivity contribution in [2.45, 2.75) is 6.54 Å². The molecule has 0 saturated carbocycles. The summed E-state index contributed by atoms with van der Waals surface area (Å²) < 4.78 is 0. The summed E-state index contributed by atoms with van der Waals surface area (Å²) in [5.74, 6) is 0.962. The molecular formula is C14H17N3. The number of aromatic nitrogens is 1. The summed E-state index contributed by atoms with van der Waals surface area (Å²) in [7, 11) is 2.01. The van der Waals surface area contributed by atoms with Crippen molar-refractivity contribution in [3.8, 4) is 0 Å². The summed E-state index contributed by atoms with van der Waals surface area (Å²) in [5, 5.41) is 2.32. The van der Waals surface area contributed by atoms with Gasteiger partial charge in [-0.15, -0.1) is 6.58 Å². The Morgan fingerprint density at radius 1 is 1.41 bits per heavy atom. The molecule has 3 nitrogen and oxygen atoms in total. The van der Waals surface area contributed by atoms with Gasteiger partial charge in [0.1, 0.15) is 5.82 Å². The molecule has 3 heteroatoms. The third-order valence-electron chi connectivity index (χ3n) is 2.75. The van der Waals surface area contributed by atoms with Crippen molar-refractivity contribution < 1.29 is 0 Å². The second-order valence-electron chi connectivity index (χ2n) is 4.03. The molecule has 0 fully saturated rings. The predicted molar refractivity (Wildman–Crippen MR) is 73.1 cm³/mol. The van der Waals surface area contributed by atoms with Crippen LogP contribution in [-0.2, 0) is 6.54 Å². The molecule has 2 N–H and O–H groups in total. The van der Waals surface area contributed by atoms with E-state index < -0.39 is 0 Å². The van der Waals surface area contributed by atoms with Crippen LogP contribution in [0.15, 0.2) is 43.0 Å². The standard InChI is InChI=1S/C14H17N3/c1-3-8-17(2)14-13-7-5-4-6-11(13)9-12(10-15)16-14/h3-7,9H,1,8,10,15H2,2H3. The number of hydrogen-bond donors (Lipinski definition) is 1. The second-order valence-corrected chi connectivity index (χ2v) is 4.03. The van der Waals surface area contributed by atoms with Gasteiger partial charge in [-0.2, -0.15) is 0 Å². The van der Waals surface area contributed by atoms with Crippen molar-refractivity contribution >= 4 is 16.6 Å². The van der Waals surface area contributed by atoms with Crippen LogP contribution in [0.5, 0.6) is 0 Å². The average Bonchev–Trinajstić information content (AvgIpc) is 2.37. The van der Waals surface area contributed by atoms with E-state index in [-0.39, 0.29) is 0 Å². The monoisotopic (exact) mass is 227 g/mol. The van der Waals surface area contributed by atoms with Gasteiger partial charge >= 0.3 is 0 Å². The van der Waals surface area contributed by atoms with Gasteiger partial charge in [0.05, 0.1) is 5.69 Å². The van der Waals surface area contributed by atoms with Crippen LogP contribution in [0.4, 0.5) is 5.82 Å². The number of hydrogen-bond acceptors (Lipinski definition) is 3. The molecule has 1 heterocycles. The van der Waals surface area contributed by atoms with E-state index in [9.17, 15) is 0 Å². The SMILES string of the molecule is C=CCN(C)c1nc(CN)cc2ccccc12. The Morgan fingerprint density at radius 3 is 2.88 bits per heavy atom. The van der Waals surface area contributed by atoms with E-state index >= 15 is 0 Å². The van der Waals surface area contributed by atoms with Gasteiger partial charge in [-0.25, -0.2) is 4.98 Å². The van der Waals surface area contributed by atoms with Crippen molar-refractivity contribution in [1.29, 1.82) is 0 Å². The first-order valence-electron chi connectivity index (χ1n) is 5.67. The van der Waals surface area contributed by atoms with Crippen LogP contribution in [0.3, 0.4) is 0 Å². The highest BCUT2D eigenvalue weighted by atomic mass is 15.2. The van der Waals surface area contributed by atoms with Gasteiger partial charge in [0, 0.05) is 25.5 Å². The lowest BCUT2D eigenvalue weighted by atomic mass is 10.1. The van der Waals surface area contributed by atoms with Crippen LogP contribution < -0.4 is 10.6 Å². The molecule has 0 aliphatic carbocycles. The number of fused-ring (bicyclic) bond motifs is 1. The van der Waals surface area contributed by atoms with Gasteiger partial charge in [0.15, 0.2) is 0 Å². The van der Waals surface area contributed by atoms with Gasteiger partial charge in [0.25, 0.3) is 0 Å². The van der Waals surface area contributed by atoms with Crippen LogP contribution in [0.2, 0.25) is 0 Å². The molecular weight excluding hydrogens is 210 g/mol. The fourth-order valence-corrected chi connectivity index (χ4v) is 1.91. The lowest BCUT2D eigenvalue weighted by Crippen LogP contribution is -2.19. The van der Waals surface area contributed by atoms with E-state index in [0.717, 1.165) is 23.4 Å². The molecule has 0 amide bonds. The van der Waals surface area contributed by atoms with E-state index in [1.54, 1.807) is 0 Å². The normalized spacial score (nSPS) is 10.5. The summed E-state index contributed by atoms with van der Waals surface area (Å²) in [6.07, 6.45) is 1.87. The third kappa shape index (κ3) is 2.29. The van der Waals surface area contributed by atoms with Crippen molar-refractivity contribution in [3.05, 3.63) is 48.7 Å². The van der Waals surface area contributed by atoms with E-state index in [1.807, 2.05) is 31.3 Å². The number of anilines is 1. The van der Waals surface area contributed by atoms with E-state index in [4.69, 9.17) is 5.73 Å². The molecule has 0 aliphatic heterocycles. The fourth-order valence-electron chi connectivity index (χ4n) is 1.91. The minimum absolute atomic E-state index is 0.458. The Morgan fingerprint density at radius 2 is 2.18 bits per heavy atom.